The van der Waals surface area contributed by atoms with E-state index in [-0.39, 0.29) is 0 Å². The van der Waals surface area contributed by atoms with Crippen molar-refractivity contribution in [2.45, 2.75) is 39.8 Å². The Morgan fingerprint density at radius 3 is 1.92 bits per heavy atom. The van der Waals surface area contributed by atoms with Crippen LogP contribution < -0.4 is 0 Å². The first-order chi connectivity index (χ1) is 6.04. The molecule has 76 valence electrons. The van der Waals surface area contributed by atoms with Crippen molar-refractivity contribution in [2.75, 3.05) is 13.7 Å². The van der Waals surface area contributed by atoms with Gasteiger partial charge in [-0.3, -0.25) is 4.99 Å². The minimum atomic E-state index is 0.511. The molecule has 0 fully saturated rings. The molecule has 0 saturated heterocycles. The highest BCUT2D eigenvalue weighted by molar-refractivity contribution is 7.40. The van der Waals surface area contributed by atoms with Gasteiger partial charge in [0.25, 0.3) is 0 Å². The minimum absolute atomic E-state index is 0.511. The summed E-state index contributed by atoms with van der Waals surface area (Å²) in [5.74, 6) is 3.26. The van der Waals surface area contributed by atoms with Crippen LogP contribution in [0.1, 0.15) is 27.7 Å². The zero-order valence-corrected chi connectivity index (χ0v) is 10.5. The molecule has 0 unspecified atom stereocenters. The first-order valence-electron chi connectivity index (χ1n) is 4.71. The van der Waals surface area contributed by atoms with Crippen LogP contribution in [0.2, 0.25) is 0 Å². The fraction of sp³-hybridized carbons (Fsp3) is 0.800. The molecule has 0 amide bonds. The zero-order valence-electron chi connectivity index (χ0n) is 9.57. The predicted molar refractivity (Wildman–Crippen MR) is 64.4 cm³/mol. The highest BCUT2D eigenvalue weighted by Gasteiger charge is 2.15. The van der Waals surface area contributed by atoms with Gasteiger partial charge in [0, 0.05) is 24.9 Å². The summed E-state index contributed by atoms with van der Waals surface area (Å²) in [7, 11) is 3.12. The van der Waals surface area contributed by atoms with Crippen LogP contribution in [0.15, 0.2) is 4.99 Å². The van der Waals surface area contributed by atoms with Crippen LogP contribution in [0.4, 0.5) is 0 Å². The van der Waals surface area contributed by atoms with Crippen LogP contribution >= 0.6 is 8.20 Å². The lowest BCUT2D eigenvalue weighted by molar-refractivity contribution is 0.296. The van der Waals surface area contributed by atoms with E-state index >= 15 is 0 Å². The number of nitrogens with zero attached hydrogens (tertiary/aromatic N) is 2. The van der Waals surface area contributed by atoms with Crippen molar-refractivity contribution in [3.63, 3.8) is 0 Å². The van der Waals surface area contributed by atoms with Crippen molar-refractivity contribution in [2.24, 2.45) is 4.99 Å². The largest absolute Gasteiger partial charge is 0.352 e. The van der Waals surface area contributed by atoms with Gasteiger partial charge in [-0.05, 0) is 34.4 Å². The van der Waals surface area contributed by atoms with Gasteiger partial charge in [-0.25, -0.2) is 0 Å². The summed E-state index contributed by atoms with van der Waals surface area (Å²) in [6.45, 7) is 10.9. The smallest absolute Gasteiger partial charge is 0.127 e. The van der Waals surface area contributed by atoms with E-state index in [2.05, 4.69) is 50.0 Å². The maximum atomic E-state index is 4.30. The lowest BCUT2D eigenvalue weighted by Crippen LogP contribution is -2.42. The number of aliphatic imine (C=N–C) groups is 1. The van der Waals surface area contributed by atoms with Gasteiger partial charge in [-0.15, -0.1) is 8.20 Å². The molecule has 0 rings (SSSR count). The van der Waals surface area contributed by atoms with E-state index in [1.807, 2.05) is 7.05 Å². The molecule has 3 heteroatoms. The molecule has 0 aliphatic carbocycles. The monoisotopic (exact) mass is 200 g/mol. The Kier molecular flexibility index (Phi) is 5.98. The van der Waals surface area contributed by atoms with E-state index in [4.69, 9.17) is 0 Å². The second kappa shape index (κ2) is 6.15. The van der Waals surface area contributed by atoms with E-state index < -0.39 is 0 Å². The Hall–Kier alpha value is -0.360. The quantitative estimate of drug-likeness (QED) is 0.388. The number of hydrogen-bond acceptors (Lipinski definition) is 1. The van der Waals surface area contributed by atoms with Gasteiger partial charge in [0.15, 0.2) is 0 Å². The van der Waals surface area contributed by atoms with Crippen molar-refractivity contribution in [1.29, 1.82) is 0 Å². The molecule has 2 nitrogen and oxygen atoms in total. The standard InChI is InChI=1S/C10H21N2P/c1-8(2)12(9(3)4)10(11-5)7-13-6/h7-9H,1-6H3. The van der Waals surface area contributed by atoms with Crippen molar-refractivity contribution in [3.8, 4) is 0 Å². The molecule has 0 bridgehead atoms. The second-order valence-corrected chi connectivity index (χ2v) is 4.34. The summed E-state index contributed by atoms with van der Waals surface area (Å²) in [6, 6.07) is 1.02. The van der Waals surface area contributed by atoms with Gasteiger partial charge in [-0.2, -0.15) is 0 Å². The fourth-order valence-electron chi connectivity index (χ4n) is 1.48. The molecule has 0 heterocycles. The van der Waals surface area contributed by atoms with Crippen molar-refractivity contribution in [3.05, 3.63) is 0 Å². The molecule has 0 atom stereocenters. The summed E-state index contributed by atoms with van der Waals surface area (Å²) in [5, 5.41) is 0. The third kappa shape index (κ3) is 3.91. The summed E-state index contributed by atoms with van der Waals surface area (Å²) in [6.07, 6.45) is 0. The predicted octanol–water partition coefficient (Wildman–Crippen LogP) is 2.51. The molecular formula is C10H21N2P. The van der Waals surface area contributed by atoms with Crippen LogP contribution in [0.3, 0.4) is 0 Å². The SMILES string of the molecule is CN=C(C=PC)N(C(C)C)C(C)C. The van der Waals surface area contributed by atoms with Gasteiger partial charge < -0.3 is 4.90 Å². The summed E-state index contributed by atoms with van der Waals surface area (Å²) >= 11 is 0. The molecule has 0 saturated carbocycles. The lowest BCUT2D eigenvalue weighted by atomic mass is 10.2. The van der Waals surface area contributed by atoms with Gasteiger partial charge in [0.05, 0.1) is 0 Å². The van der Waals surface area contributed by atoms with Crippen LogP contribution in [-0.2, 0) is 0 Å². The van der Waals surface area contributed by atoms with Crippen LogP contribution in [0.25, 0.3) is 0 Å². The molecular weight excluding hydrogens is 179 g/mol. The normalized spacial score (nSPS) is 13.4. The van der Waals surface area contributed by atoms with Gasteiger partial charge >= 0.3 is 0 Å². The number of rotatable bonds is 3. The number of hydrogen-bond donors (Lipinski definition) is 0. The Bertz CT molecular complexity index is 187. The number of amidine groups is 1. The van der Waals surface area contributed by atoms with Crippen molar-refractivity contribution >= 4 is 19.8 Å². The van der Waals surface area contributed by atoms with Crippen molar-refractivity contribution < 1.29 is 0 Å². The van der Waals surface area contributed by atoms with Crippen LogP contribution in [0, 0.1) is 0 Å². The Balaban J connectivity index is 4.71. The highest BCUT2D eigenvalue weighted by Crippen LogP contribution is 2.06. The Labute approximate surface area is 83.9 Å². The minimum Gasteiger partial charge on any atom is -0.352 e. The molecule has 0 aromatic carbocycles. The van der Waals surface area contributed by atoms with E-state index in [1.165, 1.54) is 8.20 Å². The van der Waals surface area contributed by atoms with Gasteiger partial charge in [0.2, 0.25) is 0 Å². The molecule has 0 N–H and O–H groups in total. The maximum absolute atomic E-state index is 4.30. The third-order valence-corrected chi connectivity index (χ3v) is 2.34. The lowest BCUT2D eigenvalue weighted by Gasteiger charge is -2.32. The molecule has 0 aromatic heterocycles. The molecule has 0 aliphatic rings. The van der Waals surface area contributed by atoms with Crippen LogP contribution in [-0.4, -0.2) is 42.3 Å². The first kappa shape index (κ1) is 12.6. The molecule has 0 aliphatic heterocycles. The van der Waals surface area contributed by atoms with E-state index in [9.17, 15) is 0 Å². The average molecular weight is 200 g/mol. The Morgan fingerprint density at radius 2 is 1.69 bits per heavy atom. The fourth-order valence-corrected chi connectivity index (χ4v) is 1.96. The van der Waals surface area contributed by atoms with Gasteiger partial charge in [-0.1, -0.05) is 0 Å². The second-order valence-electron chi connectivity index (χ2n) is 3.56. The molecule has 0 aromatic rings. The molecule has 0 radical (unpaired) electrons. The molecule has 0 spiro atoms. The third-order valence-electron chi connectivity index (χ3n) is 1.85. The Morgan fingerprint density at radius 1 is 1.23 bits per heavy atom. The summed E-state index contributed by atoms with van der Waals surface area (Å²) in [4.78, 5) is 6.63. The zero-order chi connectivity index (χ0) is 10.4. The van der Waals surface area contributed by atoms with Crippen LogP contribution in [0.5, 0.6) is 0 Å². The van der Waals surface area contributed by atoms with Crippen molar-refractivity contribution in [1.82, 2.24) is 4.90 Å². The van der Waals surface area contributed by atoms with Gasteiger partial charge in [0.1, 0.15) is 5.84 Å². The topological polar surface area (TPSA) is 15.6 Å². The summed E-state index contributed by atoms with van der Waals surface area (Å²) in [5.41, 5.74) is 0. The maximum Gasteiger partial charge on any atom is 0.127 e. The summed E-state index contributed by atoms with van der Waals surface area (Å²) < 4.78 is 0. The molecule has 13 heavy (non-hydrogen) atoms. The van der Waals surface area contributed by atoms with E-state index in [1.54, 1.807) is 0 Å². The average Bonchev–Trinajstić information content (AvgIpc) is 2.02. The first-order valence-corrected chi connectivity index (χ1v) is 6.13. The van der Waals surface area contributed by atoms with E-state index in [0.29, 0.717) is 12.1 Å². The van der Waals surface area contributed by atoms with E-state index in [0.717, 1.165) is 5.84 Å². The highest BCUT2D eigenvalue weighted by atomic mass is 31.1.